The van der Waals surface area contributed by atoms with Gasteiger partial charge in [0.25, 0.3) is 11.8 Å². The van der Waals surface area contributed by atoms with Crippen LogP contribution in [0.2, 0.25) is 0 Å². The molecule has 32 heavy (non-hydrogen) atoms. The first kappa shape index (κ1) is 21.7. The van der Waals surface area contributed by atoms with E-state index in [2.05, 4.69) is 10.6 Å². The van der Waals surface area contributed by atoms with Gasteiger partial charge in [-0.15, -0.1) is 0 Å². The van der Waals surface area contributed by atoms with Gasteiger partial charge in [0.1, 0.15) is 0 Å². The Morgan fingerprint density at radius 1 is 0.688 bits per heavy atom. The van der Waals surface area contributed by atoms with Gasteiger partial charge >= 0.3 is 0 Å². The predicted octanol–water partition coefficient (Wildman–Crippen LogP) is 3.98. The van der Waals surface area contributed by atoms with Crippen molar-refractivity contribution in [2.75, 3.05) is 23.7 Å². The first-order chi connectivity index (χ1) is 15.4. The number of anilines is 2. The Morgan fingerprint density at radius 3 is 1.97 bits per heavy atom. The standard InChI is InChI=1S/C24H23N3O4S/c28-23(18-7-2-1-3-8-18)26-21-10-6-9-19(17-21)24(29)25-20-11-13-22(14-12-20)32(30,31)27-15-4-5-16-27/h1-3,6-14,17H,4-5,15-16H2,(H,25,29)(H,26,28). The van der Waals surface area contributed by atoms with Crippen LogP contribution in [-0.2, 0) is 10.0 Å². The van der Waals surface area contributed by atoms with Crippen LogP contribution < -0.4 is 10.6 Å². The summed E-state index contributed by atoms with van der Waals surface area (Å²) in [5.74, 6) is -0.631. The molecule has 1 aliphatic heterocycles. The molecule has 164 valence electrons. The molecular formula is C24H23N3O4S. The van der Waals surface area contributed by atoms with Gasteiger partial charge in [0.05, 0.1) is 4.90 Å². The lowest BCUT2D eigenvalue weighted by molar-refractivity contribution is 0.101. The Hall–Kier alpha value is -3.49. The molecule has 1 saturated heterocycles. The lowest BCUT2D eigenvalue weighted by Crippen LogP contribution is -2.27. The molecule has 0 spiro atoms. The van der Waals surface area contributed by atoms with Crippen LogP contribution in [0.1, 0.15) is 33.6 Å². The van der Waals surface area contributed by atoms with E-state index < -0.39 is 10.0 Å². The Balaban J connectivity index is 1.43. The van der Waals surface area contributed by atoms with E-state index in [9.17, 15) is 18.0 Å². The van der Waals surface area contributed by atoms with Crippen LogP contribution in [0.4, 0.5) is 11.4 Å². The van der Waals surface area contributed by atoms with Crippen LogP contribution in [0.5, 0.6) is 0 Å². The van der Waals surface area contributed by atoms with Crippen LogP contribution in [0.3, 0.4) is 0 Å². The van der Waals surface area contributed by atoms with Crippen molar-refractivity contribution < 1.29 is 18.0 Å². The Kier molecular flexibility index (Phi) is 6.34. The zero-order chi connectivity index (χ0) is 22.6. The molecule has 7 nitrogen and oxygen atoms in total. The fourth-order valence-electron chi connectivity index (χ4n) is 3.52. The zero-order valence-corrected chi connectivity index (χ0v) is 18.1. The minimum absolute atomic E-state index is 0.211. The molecule has 0 radical (unpaired) electrons. The number of rotatable bonds is 6. The van der Waals surface area contributed by atoms with Crippen LogP contribution >= 0.6 is 0 Å². The van der Waals surface area contributed by atoms with Crippen LogP contribution in [0.25, 0.3) is 0 Å². The third-order valence-electron chi connectivity index (χ3n) is 5.23. The highest BCUT2D eigenvalue weighted by Gasteiger charge is 2.26. The smallest absolute Gasteiger partial charge is 0.255 e. The topological polar surface area (TPSA) is 95.6 Å². The van der Waals surface area contributed by atoms with Gasteiger partial charge in [-0.05, 0) is 67.4 Å². The van der Waals surface area contributed by atoms with Crippen LogP contribution in [0, 0.1) is 0 Å². The number of sulfonamides is 1. The number of hydrogen-bond donors (Lipinski definition) is 2. The van der Waals surface area contributed by atoms with Gasteiger partial charge in [-0.2, -0.15) is 4.31 Å². The molecule has 3 aromatic rings. The quantitative estimate of drug-likeness (QED) is 0.595. The monoisotopic (exact) mass is 449 g/mol. The SMILES string of the molecule is O=C(Nc1cccc(C(=O)Nc2ccc(S(=O)(=O)N3CCCC3)cc2)c1)c1ccccc1. The average Bonchev–Trinajstić information content (AvgIpc) is 3.36. The summed E-state index contributed by atoms with van der Waals surface area (Å²) in [6.07, 6.45) is 1.75. The Morgan fingerprint density at radius 2 is 1.28 bits per heavy atom. The maximum atomic E-state index is 12.7. The first-order valence-electron chi connectivity index (χ1n) is 10.3. The van der Waals surface area contributed by atoms with Crippen molar-refractivity contribution in [1.82, 2.24) is 4.31 Å². The van der Waals surface area contributed by atoms with E-state index in [-0.39, 0.29) is 16.7 Å². The summed E-state index contributed by atoms with van der Waals surface area (Å²) in [6.45, 7) is 1.08. The van der Waals surface area contributed by atoms with Crippen molar-refractivity contribution in [3.05, 3.63) is 90.0 Å². The maximum absolute atomic E-state index is 12.7. The molecule has 2 amide bonds. The Bertz CT molecular complexity index is 1220. The normalized spacial score (nSPS) is 14.1. The average molecular weight is 450 g/mol. The molecule has 4 rings (SSSR count). The second-order valence-corrected chi connectivity index (χ2v) is 9.43. The van der Waals surface area contributed by atoms with Gasteiger partial charge in [-0.3, -0.25) is 9.59 Å². The molecular weight excluding hydrogens is 426 g/mol. The minimum Gasteiger partial charge on any atom is -0.322 e. The molecule has 0 saturated carbocycles. The second-order valence-electron chi connectivity index (χ2n) is 7.49. The lowest BCUT2D eigenvalue weighted by atomic mass is 10.1. The number of nitrogens with one attached hydrogen (secondary N) is 2. The van der Waals surface area contributed by atoms with E-state index in [1.807, 2.05) is 6.07 Å². The summed E-state index contributed by atoms with van der Waals surface area (Å²) in [5, 5.41) is 5.54. The number of hydrogen-bond acceptors (Lipinski definition) is 4. The van der Waals surface area contributed by atoms with E-state index >= 15 is 0 Å². The molecule has 3 aromatic carbocycles. The van der Waals surface area contributed by atoms with Crippen molar-refractivity contribution >= 4 is 33.2 Å². The van der Waals surface area contributed by atoms with Gasteiger partial charge in [-0.25, -0.2) is 8.42 Å². The van der Waals surface area contributed by atoms with Gasteiger partial charge in [0, 0.05) is 35.6 Å². The summed E-state index contributed by atoms with van der Waals surface area (Å²) in [7, 11) is -3.50. The van der Waals surface area contributed by atoms with E-state index in [4.69, 9.17) is 0 Å². The highest BCUT2D eigenvalue weighted by Crippen LogP contribution is 2.22. The molecule has 0 unspecified atom stereocenters. The van der Waals surface area contributed by atoms with E-state index in [0.717, 1.165) is 12.8 Å². The van der Waals surface area contributed by atoms with Crippen LogP contribution in [0.15, 0.2) is 83.8 Å². The van der Waals surface area contributed by atoms with E-state index in [1.54, 1.807) is 60.7 Å². The van der Waals surface area contributed by atoms with Gasteiger partial charge in [-0.1, -0.05) is 24.3 Å². The molecule has 0 aliphatic carbocycles. The van der Waals surface area contributed by atoms with Gasteiger partial charge in [0.15, 0.2) is 0 Å². The van der Waals surface area contributed by atoms with Crippen molar-refractivity contribution in [2.45, 2.75) is 17.7 Å². The van der Waals surface area contributed by atoms with Crippen molar-refractivity contribution in [3.63, 3.8) is 0 Å². The fraction of sp³-hybridized carbons (Fsp3) is 0.167. The minimum atomic E-state index is -3.50. The third kappa shape index (κ3) is 4.87. The van der Waals surface area contributed by atoms with Crippen molar-refractivity contribution in [2.24, 2.45) is 0 Å². The predicted molar refractivity (Wildman–Crippen MR) is 123 cm³/mol. The summed E-state index contributed by atoms with van der Waals surface area (Å²) in [5.41, 5.74) is 1.86. The molecule has 1 heterocycles. The third-order valence-corrected chi connectivity index (χ3v) is 7.15. The van der Waals surface area contributed by atoms with Crippen LogP contribution in [-0.4, -0.2) is 37.6 Å². The highest BCUT2D eigenvalue weighted by atomic mass is 32.2. The van der Waals surface area contributed by atoms with E-state index in [0.29, 0.717) is 35.6 Å². The number of carbonyl (C=O) groups excluding carboxylic acids is 2. The number of benzene rings is 3. The highest BCUT2D eigenvalue weighted by molar-refractivity contribution is 7.89. The molecule has 1 fully saturated rings. The number of amides is 2. The first-order valence-corrected chi connectivity index (χ1v) is 11.8. The summed E-state index contributed by atoms with van der Waals surface area (Å²) in [4.78, 5) is 25.2. The number of nitrogens with zero attached hydrogens (tertiary/aromatic N) is 1. The molecule has 2 N–H and O–H groups in total. The Labute approximate surface area is 187 Å². The summed E-state index contributed by atoms with van der Waals surface area (Å²) in [6, 6.07) is 21.6. The molecule has 8 heteroatoms. The van der Waals surface area contributed by atoms with Gasteiger partial charge in [0.2, 0.25) is 10.0 Å². The van der Waals surface area contributed by atoms with Gasteiger partial charge < -0.3 is 10.6 Å². The largest absolute Gasteiger partial charge is 0.322 e. The zero-order valence-electron chi connectivity index (χ0n) is 17.3. The van der Waals surface area contributed by atoms with Crippen molar-refractivity contribution in [1.29, 1.82) is 0 Å². The molecule has 0 atom stereocenters. The summed E-state index contributed by atoms with van der Waals surface area (Å²) >= 11 is 0. The summed E-state index contributed by atoms with van der Waals surface area (Å²) < 4.78 is 26.7. The molecule has 0 aromatic heterocycles. The molecule has 1 aliphatic rings. The van der Waals surface area contributed by atoms with E-state index in [1.165, 1.54) is 16.4 Å². The van der Waals surface area contributed by atoms with Crippen molar-refractivity contribution in [3.8, 4) is 0 Å². The maximum Gasteiger partial charge on any atom is 0.255 e. The lowest BCUT2D eigenvalue weighted by Gasteiger charge is -2.15. The fourth-order valence-corrected chi connectivity index (χ4v) is 5.04. The second kappa shape index (κ2) is 9.33. The molecule has 0 bridgehead atoms. The number of carbonyl (C=O) groups is 2.